The van der Waals surface area contributed by atoms with Crippen LogP contribution in [0.2, 0.25) is 5.22 Å². The maximum Gasteiger partial charge on any atom is 0.229 e. The zero-order valence-electron chi connectivity index (χ0n) is 12.3. The third-order valence-corrected chi connectivity index (χ3v) is 4.37. The first-order valence-corrected chi connectivity index (χ1v) is 7.34. The molecule has 6 heteroatoms. The van der Waals surface area contributed by atoms with Gasteiger partial charge in [-0.25, -0.2) is 0 Å². The number of amides is 1. The van der Waals surface area contributed by atoms with Gasteiger partial charge in [0, 0.05) is 18.7 Å². The van der Waals surface area contributed by atoms with Gasteiger partial charge in [-0.2, -0.15) is 0 Å². The highest BCUT2D eigenvalue weighted by atomic mass is 35.5. The minimum Gasteiger partial charge on any atom is -0.396 e. The van der Waals surface area contributed by atoms with Crippen LogP contribution in [0.5, 0.6) is 0 Å². The maximum atomic E-state index is 12.0. The average molecular weight is 303 g/mol. The average Bonchev–Trinajstić information content (AvgIpc) is 2.75. The molecule has 1 aromatic rings. The van der Waals surface area contributed by atoms with Gasteiger partial charge in [-0.3, -0.25) is 4.79 Å². The number of hydrogen-bond acceptors (Lipinski definition) is 4. The number of nitrogens with zero attached hydrogens (tertiary/aromatic N) is 1. The van der Waals surface area contributed by atoms with Gasteiger partial charge >= 0.3 is 0 Å². The topological polar surface area (TPSA) is 75.4 Å². The van der Waals surface area contributed by atoms with E-state index >= 15 is 0 Å². The second-order valence-electron chi connectivity index (χ2n) is 5.15. The third kappa shape index (κ3) is 4.21. The molecule has 0 saturated carbocycles. The van der Waals surface area contributed by atoms with Gasteiger partial charge in [0.15, 0.2) is 0 Å². The van der Waals surface area contributed by atoms with Crippen LogP contribution in [0.4, 0.5) is 0 Å². The van der Waals surface area contributed by atoms with E-state index in [1.165, 1.54) is 0 Å². The van der Waals surface area contributed by atoms with Crippen LogP contribution in [0.15, 0.2) is 4.52 Å². The Balaban J connectivity index is 2.58. The molecule has 0 saturated heterocycles. The molecule has 0 aliphatic rings. The fraction of sp³-hybridized carbons (Fsp3) is 0.714. The summed E-state index contributed by atoms with van der Waals surface area (Å²) in [4.78, 5) is 12.0. The normalized spacial score (nSPS) is 11.7. The summed E-state index contributed by atoms with van der Waals surface area (Å²) in [5.74, 6) is -0.109. The highest BCUT2D eigenvalue weighted by Crippen LogP contribution is 2.29. The van der Waals surface area contributed by atoms with Crippen molar-refractivity contribution in [2.75, 3.05) is 13.2 Å². The number of halogens is 1. The largest absolute Gasteiger partial charge is 0.396 e. The van der Waals surface area contributed by atoms with Crippen molar-refractivity contribution in [3.05, 3.63) is 16.5 Å². The van der Waals surface area contributed by atoms with Crippen LogP contribution < -0.4 is 5.32 Å². The van der Waals surface area contributed by atoms with Gasteiger partial charge < -0.3 is 14.9 Å². The molecule has 1 aromatic heterocycles. The molecule has 2 N–H and O–H groups in total. The van der Waals surface area contributed by atoms with E-state index < -0.39 is 0 Å². The summed E-state index contributed by atoms with van der Waals surface area (Å²) in [6, 6.07) is 0. The van der Waals surface area contributed by atoms with Crippen molar-refractivity contribution in [2.45, 2.75) is 46.5 Å². The van der Waals surface area contributed by atoms with Crippen LogP contribution in [-0.2, 0) is 11.2 Å². The van der Waals surface area contributed by atoms with E-state index in [1.807, 2.05) is 0 Å². The molecule has 1 heterocycles. The number of aliphatic hydroxyl groups excluding tert-OH is 1. The molecular weight excluding hydrogens is 280 g/mol. The molecular formula is C14H23ClN2O3. The first-order valence-electron chi connectivity index (χ1n) is 6.96. The van der Waals surface area contributed by atoms with E-state index in [4.69, 9.17) is 21.2 Å². The lowest BCUT2D eigenvalue weighted by molar-refractivity contribution is -0.121. The Kier molecular flexibility index (Phi) is 6.49. The summed E-state index contributed by atoms with van der Waals surface area (Å²) < 4.78 is 4.82. The van der Waals surface area contributed by atoms with Gasteiger partial charge in [-0.05, 0) is 43.2 Å². The number of nitrogens with one attached hydrogen (secondary N) is 1. The molecule has 0 atom stereocenters. The minimum atomic E-state index is -0.109. The Morgan fingerprint density at radius 1 is 1.45 bits per heavy atom. The lowest BCUT2D eigenvalue weighted by Crippen LogP contribution is -2.38. The van der Waals surface area contributed by atoms with Crippen molar-refractivity contribution >= 4 is 17.5 Å². The summed E-state index contributed by atoms with van der Waals surface area (Å²) in [5, 5.41) is 16.0. The van der Waals surface area contributed by atoms with E-state index in [-0.39, 0.29) is 29.6 Å². The van der Waals surface area contributed by atoms with Crippen LogP contribution in [0, 0.1) is 12.3 Å². The van der Waals surface area contributed by atoms with Crippen LogP contribution >= 0.6 is 11.6 Å². The van der Waals surface area contributed by atoms with Crippen LogP contribution in [0.25, 0.3) is 0 Å². The standard InChI is InChI=1S/C14H23ClN2O3/c1-4-14(5-2,6-7-18)9-16-12(19)8-11-10(3)17-20-13(11)15/h18H,4-9H2,1-3H3,(H,16,19). The van der Waals surface area contributed by atoms with E-state index in [0.29, 0.717) is 24.2 Å². The number of carbonyl (C=O) groups is 1. The van der Waals surface area contributed by atoms with Crippen molar-refractivity contribution in [1.29, 1.82) is 0 Å². The summed E-state index contributed by atoms with van der Waals surface area (Å²) in [5.41, 5.74) is 1.22. The number of rotatable bonds is 8. The zero-order chi connectivity index (χ0) is 15.2. The molecule has 114 valence electrons. The number of aliphatic hydroxyl groups is 1. The first kappa shape index (κ1) is 17.0. The number of aromatic nitrogens is 1. The summed E-state index contributed by atoms with van der Waals surface area (Å²) in [6.07, 6.45) is 2.68. The van der Waals surface area contributed by atoms with Crippen molar-refractivity contribution in [2.24, 2.45) is 5.41 Å². The summed E-state index contributed by atoms with van der Waals surface area (Å²) >= 11 is 5.84. The second-order valence-corrected chi connectivity index (χ2v) is 5.50. The molecule has 0 aromatic carbocycles. The molecule has 0 radical (unpaired) electrons. The molecule has 1 amide bonds. The highest BCUT2D eigenvalue weighted by Gasteiger charge is 2.26. The molecule has 0 unspecified atom stereocenters. The Bertz CT molecular complexity index is 422. The van der Waals surface area contributed by atoms with Crippen LogP contribution in [0.1, 0.15) is 44.4 Å². The first-order chi connectivity index (χ1) is 9.48. The Morgan fingerprint density at radius 3 is 2.55 bits per heavy atom. The quantitative estimate of drug-likeness (QED) is 0.773. The van der Waals surface area contributed by atoms with Crippen molar-refractivity contribution in [3.8, 4) is 0 Å². The van der Waals surface area contributed by atoms with Gasteiger partial charge in [0.05, 0.1) is 12.1 Å². The zero-order valence-corrected chi connectivity index (χ0v) is 13.1. The smallest absolute Gasteiger partial charge is 0.229 e. The predicted molar refractivity (Wildman–Crippen MR) is 77.7 cm³/mol. The Morgan fingerprint density at radius 2 is 2.10 bits per heavy atom. The monoisotopic (exact) mass is 302 g/mol. The van der Waals surface area contributed by atoms with Gasteiger partial charge in [-0.15, -0.1) is 0 Å². The molecule has 1 rings (SSSR count). The van der Waals surface area contributed by atoms with E-state index in [1.54, 1.807) is 6.92 Å². The number of hydrogen-bond donors (Lipinski definition) is 2. The van der Waals surface area contributed by atoms with Crippen molar-refractivity contribution < 1.29 is 14.4 Å². The Labute approximate surface area is 124 Å². The minimum absolute atomic E-state index is 0.0438. The molecule has 0 spiro atoms. The van der Waals surface area contributed by atoms with Gasteiger partial charge in [-0.1, -0.05) is 19.0 Å². The molecule has 0 aliphatic carbocycles. The van der Waals surface area contributed by atoms with E-state index in [9.17, 15) is 4.79 Å². The fourth-order valence-electron chi connectivity index (χ4n) is 2.25. The summed E-state index contributed by atoms with van der Waals surface area (Å²) in [6.45, 7) is 6.60. The lowest BCUT2D eigenvalue weighted by Gasteiger charge is -2.31. The van der Waals surface area contributed by atoms with Gasteiger partial charge in [0.25, 0.3) is 0 Å². The lowest BCUT2D eigenvalue weighted by atomic mass is 9.79. The Hall–Kier alpha value is -1.07. The number of carbonyl (C=O) groups excluding carboxylic acids is 1. The van der Waals surface area contributed by atoms with Gasteiger partial charge in [0.2, 0.25) is 11.1 Å². The number of aryl methyl sites for hydroxylation is 1. The van der Waals surface area contributed by atoms with Gasteiger partial charge in [0.1, 0.15) is 0 Å². The molecule has 0 fully saturated rings. The van der Waals surface area contributed by atoms with E-state index in [2.05, 4.69) is 24.3 Å². The molecule has 5 nitrogen and oxygen atoms in total. The predicted octanol–water partition coefficient (Wildman–Crippen LogP) is 2.48. The summed E-state index contributed by atoms with van der Waals surface area (Å²) in [7, 11) is 0. The highest BCUT2D eigenvalue weighted by molar-refractivity contribution is 6.29. The third-order valence-electron chi connectivity index (χ3n) is 4.08. The van der Waals surface area contributed by atoms with Crippen molar-refractivity contribution in [3.63, 3.8) is 0 Å². The molecule has 0 bridgehead atoms. The molecule has 20 heavy (non-hydrogen) atoms. The fourth-order valence-corrected chi connectivity index (χ4v) is 2.48. The van der Waals surface area contributed by atoms with Crippen molar-refractivity contribution in [1.82, 2.24) is 10.5 Å². The van der Waals surface area contributed by atoms with Crippen LogP contribution in [0.3, 0.4) is 0 Å². The van der Waals surface area contributed by atoms with E-state index in [0.717, 1.165) is 12.8 Å². The maximum absolute atomic E-state index is 12.0. The SMILES string of the molecule is CCC(CC)(CCO)CNC(=O)Cc1c(C)noc1Cl. The van der Waals surface area contributed by atoms with Crippen LogP contribution in [-0.4, -0.2) is 29.3 Å². The molecule has 0 aliphatic heterocycles. The second kappa shape index (κ2) is 7.64.